The van der Waals surface area contributed by atoms with Crippen molar-refractivity contribution >= 4 is 16.7 Å². The van der Waals surface area contributed by atoms with Gasteiger partial charge in [-0.1, -0.05) is 49.4 Å². The smallest absolute Gasteiger partial charge is 0.223 e. The van der Waals surface area contributed by atoms with E-state index in [-0.39, 0.29) is 11.8 Å². The van der Waals surface area contributed by atoms with Crippen LogP contribution in [-0.2, 0) is 4.79 Å². The molecule has 1 amide bonds. The summed E-state index contributed by atoms with van der Waals surface area (Å²) in [5, 5.41) is 8.93. The minimum absolute atomic E-state index is 0.139. The van der Waals surface area contributed by atoms with Crippen LogP contribution in [0.25, 0.3) is 10.8 Å². The van der Waals surface area contributed by atoms with Crippen LogP contribution in [0.1, 0.15) is 31.7 Å². The molecule has 1 aliphatic rings. The Hall–Kier alpha value is -1.87. The minimum atomic E-state index is 0.139. The number of carbonyl (C=O) groups is 1. The Kier molecular flexibility index (Phi) is 4.44. The molecule has 1 saturated carbocycles. The van der Waals surface area contributed by atoms with E-state index in [1.807, 2.05) is 0 Å². The Morgan fingerprint density at radius 2 is 2.00 bits per heavy atom. The quantitative estimate of drug-likeness (QED) is 0.860. The van der Waals surface area contributed by atoms with Gasteiger partial charge >= 0.3 is 0 Å². The SMILES string of the molecule is CCN[C@H](C)CNC(=O)C1CC1c1cccc2ccccc12. The van der Waals surface area contributed by atoms with Crippen LogP contribution < -0.4 is 10.6 Å². The van der Waals surface area contributed by atoms with Crippen LogP contribution >= 0.6 is 0 Å². The van der Waals surface area contributed by atoms with Gasteiger partial charge in [0, 0.05) is 18.5 Å². The highest BCUT2D eigenvalue weighted by atomic mass is 16.2. The highest BCUT2D eigenvalue weighted by Crippen LogP contribution is 2.49. The molecular formula is C19H24N2O. The summed E-state index contributed by atoms with van der Waals surface area (Å²) in [6.45, 7) is 5.80. The molecule has 0 radical (unpaired) electrons. The van der Waals surface area contributed by atoms with Gasteiger partial charge in [-0.2, -0.15) is 0 Å². The van der Waals surface area contributed by atoms with Gasteiger partial charge in [0.05, 0.1) is 0 Å². The maximum Gasteiger partial charge on any atom is 0.223 e. The third-order valence-corrected chi connectivity index (χ3v) is 4.49. The third-order valence-electron chi connectivity index (χ3n) is 4.49. The molecule has 1 fully saturated rings. The summed E-state index contributed by atoms with van der Waals surface area (Å²) in [4.78, 5) is 12.3. The van der Waals surface area contributed by atoms with Gasteiger partial charge in [-0.3, -0.25) is 4.79 Å². The predicted octanol–water partition coefficient (Wildman–Crippen LogP) is 3.06. The minimum Gasteiger partial charge on any atom is -0.354 e. The van der Waals surface area contributed by atoms with Crippen LogP contribution in [-0.4, -0.2) is 25.0 Å². The van der Waals surface area contributed by atoms with Crippen LogP contribution in [0.2, 0.25) is 0 Å². The van der Waals surface area contributed by atoms with Crippen molar-refractivity contribution in [2.24, 2.45) is 5.92 Å². The van der Waals surface area contributed by atoms with E-state index in [2.05, 4.69) is 66.9 Å². The Bertz CT molecular complexity index is 662. The molecule has 0 saturated heterocycles. The summed E-state index contributed by atoms with van der Waals surface area (Å²) in [5.41, 5.74) is 1.32. The second-order valence-corrected chi connectivity index (χ2v) is 6.22. The second-order valence-electron chi connectivity index (χ2n) is 6.22. The maximum atomic E-state index is 12.3. The molecule has 0 bridgehead atoms. The van der Waals surface area contributed by atoms with Crippen molar-refractivity contribution in [3.05, 3.63) is 48.0 Å². The maximum absolute atomic E-state index is 12.3. The van der Waals surface area contributed by atoms with E-state index in [4.69, 9.17) is 0 Å². The van der Waals surface area contributed by atoms with Crippen molar-refractivity contribution in [2.45, 2.75) is 32.2 Å². The lowest BCUT2D eigenvalue weighted by Crippen LogP contribution is -2.39. The molecule has 3 atom stereocenters. The average Bonchev–Trinajstić information content (AvgIpc) is 3.33. The van der Waals surface area contributed by atoms with Gasteiger partial charge < -0.3 is 10.6 Å². The molecule has 0 aliphatic heterocycles. The van der Waals surface area contributed by atoms with E-state index in [1.54, 1.807) is 0 Å². The first-order chi connectivity index (χ1) is 10.7. The topological polar surface area (TPSA) is 41.1 Å². The first kappa shape index (κ1) is 15.0. The summed E-state index contributed by atoms with van der Waals surface area (Å²) >= 11 is 0. The first-order valence-electron chi connectivity index (χ1n) is 8.19. The summed E-state index contributed by atoms with van der Waals surface area (Å²) in [6, 6.07) is 15.1. The molecule has 0 aromatic heterocycles. The number of benzene rings is 2. The second kappa shape index (κ2) is 6.49. The van der Waals surface area contributed by atoms with Crippen LogP contribution in [0.3, 0.4) is 0 Å². The monoisotopic (exact) mass is 296 g/mol. The van der Waals surface area contributed by atoms with Crippen molar-refractivity contribution in [2.75, 3.05) is 13.1 Å². The van der Waals surface area contributed by atoms with Gasteiger partial charge in [0.2, 0.25) is 5.91 Å². The number of fused-ring (bicyclic) bond motifs is 1. The summed E-state index contributed by atoms with van der Waals surface area (Å²) in [5.74, 6) is 0.711. The zero-order chi connectivity index (χ0) is 15.5. The Balaban J connectivity index is 1.65. The summed E-state index contributed by atoms with van der Waals surface area (Å²) in [7, 11) is 0. The molecule has 1 aliphatic carbocycles. The Morgan fingerprint density at radius 1 is 1.23 bits per heavy atom. The molecule has 22 heavy (non-hydrogen) atoms. The molecule has 2 unspecified atom stereocenters. The normalized spacial score (nSPS) is 21.5. The molecule has 0 heterocycles. The summed E-state index contributed by atoms with van der Waals surface area (Å²) in [6.07, 6.45) is 0.968. The van der Waals surface area contributed by atoms with Crippen molar-refractivity contribution < 1.29 is 4.79 Å². The molecular weight excluding hydrogens is 272 g/mol. The van der Waals surface area contributed by atoms with Crippen molar-refractivity contribution in [1.82, 2.24) is 10.6 Å². The lowest BCUT2D eigenvalue weighted by atomic mass is 10.00. The molecule has 3 nitrogen and oxygen atoms in total. The van der Waals surface area contributed by atoms with Gasteiger partial charge in [-0.15, -0.1) is 0 Å². The molecule has 2 aromatic carbocycles. The van der Waals surface area contributed by atoms with Gasteiger partial charge in [0.15, 0.2) is 0 Å². The highest BCUT2D eigenvalue weighted by Gasteiger charge is 2.44. The molecule has 0 spiro atoms. The predicted molar refractivity (Wildman–Crippen MR) is 90.9 cm³/mol. The van der Waals surface area contributed by atoms with Gasteiger partial charge in [0.1, 0.15) is 0 Å². The van der Waals surface area contributed by atoms with Crippen LogP contribution in [0.5, 0.6) is 0 Å². The number of likely N-dealkylation sites (N-methyl/N-ethyl adjacent to an activating group) is 1. The largest absolute Gasteiger partial charge is 0.354 e. The zero-order valence-electron chi connectivity index (χ0n) is 13.3. The number of hydrogen-bond donors (Lipinski definition) is 2. The molecule has 116 valence electrons. The molecule has 2 aromatic rings. The fourth-order valence-electron chi connectivity index (χ4n) is 3.21. The zero-order valence-corrected chi connectivity index (χ0v) is 13.3. The first-order valence-corrected chi connectivity index (χ1v) is 8.19. The van der Waals surface area contributed by atoms with Crippen molar-refractivity contribution in [1.29, 1.82) is 0 Å². The fraction of sp³-hybridized carbons (Fsp3) is 0.421. The lowest BCUT2D eigenvalue weighted by molar-refractivity contribution is -0.122. The fourth-order valence-corrected chi connectivity index (χ4v) is 3.21. The van der Waals surface area contributed by atoms with Crippen molar-refractivity contribution in [3.63, 3.8) is 0 Å². The van der Waals surface area contributed by atoms with E-state index >= 15 is 0 Å². The Labute approximate surface area is 132 Å². The van der Waals surface area contributed by atoms with Crippen LogP contribution in [0, 0.1) is 5.92 Å². The summed E-state index contributed by atoms with van der Waals surface area (Å²) < 4.78 is 0. The third kappa shape index (κ3) is 3.14. The van der Waals surface area contributed by atoms with Crippen LogP contribution in [0.15, 0.2) is 42.5 Å². The Morgan fingerprint density at radius 3 is 2.82 bits per heavy atom. The number of nitrogens with one attached hydrogen (secondary N) is 2. The number of carbonyl (C=O) groups excluding carboxylic acids is 1. The van der Waals surface area contributed by atoms with E-state index in [0.29, 0.717) is 18.5 Å². The van der Waals surface area contributed by atoms with Crippen LogP contribution in [0.4, 0.5) is 0 Å². The van der Waals surface area contributed by atoms with E-state index in [0.717, 1.165) is 13.0 Å². The van der Waals surface area contributed by atoms with Gasteiger partial charge in [-0.25, -0.2) is 0 Å². The number of rotatable bonds is 6. The standard InChI is InChI=1S/C19H24N2O/c1-3-20-13(2)12-21-19(22)18-11-17(18)16-10-6-8-14-7-4-5-9-15(14)16/h4-10,13,17-18,20H,3,11-12H2,1-2H3,(H,21,22)/t13-,17?,18?/m1/s1. The average molecular weight is 296 g/mol. The van der Waals surface area contributed by atoms with E-state index < -0.39 is 0 Å². The van der Waals surface area contributed by atoms with E-state index in [1.165, 1.54) is 16.3 Å². The number of hydrogen-bond acceptors (Lipinski definition) is 2. The van der Waals surface area contributed by atoms with Gasteiger partial charge in [-0.05, 0) is 42.1 Å². The molecule has 3 heteroatoms. The molecule has 2 N–H and O–H groups in total. The lowest BCUT2D eigenvalue weighted by Gasteiger charge is -2.13. The number of amides is 1. The van der Waals surface area contributed by atoms with E-state index in [9.17, 15) is 4.79 Å². The highest BCUT2D eigenvalue weighted by molar-refractivity contribution is 5.89. The van der Waals surface area contributed by atoms with Gasteiger partial charge in [0.25, 0.3) is 0 Å². The van der Waals surface area contributed by atoms with Crippen molar-refractivity contribution in [3.8, 4) is 0 Å². The molecule has 3 rings (SSSR count).